The third-order valence-corrected chi connectivity index (χ3v) is 4.19. The standard InChI is InChI=1S/C24H27N/c1-4-11-20(5-2)21(6-3)14-10-19-25-24-17-15-23(16-18-24)22-12-8-7-9-13-22/h4-10,12-18,20,25H,1-2,11,19H2,3H3. The fourth-order valence-electron chi connectivity index (χ4n) is 2.76. The lowest BCUT2D eigenvalue weighted by Crippen LogP contribution is -2.00. The predicted octanol–water partition coefficient (Wildman–Crippen LogP) is 6.65. The molecule has 2 aromatic rings. The molecule has 1 heteroatoms. The van der Waals surface area contributed by atoms with Crippen molar-refractivity contribution >= 4 is 5.69 Å². The Kier molecular flexibility index (Phi) is 7.52. The van der Waals surface area contributed by atoms with E-state index < -0.39 is 0 Å². The van der Waals surface area contributed by atoms with Crippen LogP contribution in [-0.4, -0.2) is 6.54 Å². The molecule has 1 nitrogen and oxygen atoms in total. The Balaban J connectivity index is 1.91. The molecule has 1 unspecified atom stereocenters. The van der Waals surface area contributed by atoms with Crippen molar-refractivity contribution in [3.63, 3.8) is 0 Å². The predicted molar refractivity (Wildman–Crippen MR) is 112 cm³/mol. The fourth-order valence-corrected chi connectivity index (χ4v) is 2.76. The van der Waals surface area contributed by atoms with Crippen LogP contribution in [-0.2, 0) is 0 Å². The van der Waals surface area contributed by atoms with Gasteiger partial charge in [-0.1, -0.05) is 72.8 Å². The van der Waals surface area contributed by atoms with E-state index in [4.69, 9.17) is 0 Å². The maximum absolute atomic E-state index is 3.92. The number of benzene rings is 2. The molecule has 0 aliphatic heterocycles. The first-order valence-corrected chi connectivity index (χ1v) is 8.74. The van der Waals surface area contributed by atoms with Crippen LogP contribution in [0, 0.1) is 5.92 Å². The van der Waals surface area contributed by atoms with Crippen molar-refractivity contribution in [2.45, 2.75) is 13.3 Å². The van der Waals surface area contributed by atoms with Gasteiger partial charge in [0, 0.05) is 18.2 Å². The van der Waals surface area contributed by atoms with Gasteiger partial charge in [0.15, 0.2) is 0 Å². The average Bonchev–Trinajstić information content (AvgIpc) is 2.68. The third kappa shape index (κ3) is 5.65. The smallest absolute Gasteiger partial charge is 0.0343 e. The van der Waals surface area contributed by atoms with Gasteiger partial charge in [-0.15, -0.1) is 13.2 Å². The van der Waals surface area contributed by atoms with Crippen LogP contribution in [0.5, 0.6) is 0 Å². The highest BCUT2D eigenvalue weighted by Crippen LogP contribution is 2.21. The Hall–Kier alpha value is -2.80. The molecule has 25 heavy (non-hydrogen) atoms. The molecule has 0 saturated carbocycles. The van der Waals surface area contributed by atoms with E-state index in [1.54, 1.807) is 0 Å². The summed E-state index contributed by atoms with van der Waals surface area (Å²) in [6.45, 7) is 10.6. The summed E-state index contributed by atoms with van der Waals surface area (Å²) >= 11 is 0. The molecule has 0 spiro atoms. The van der Waals surface area contributed by atoms with Crippen LogP contribution >= 0.6 is 0 Å². The summed E-state index contributed by atoms with van der Waals surface area (Å²) in [5.74, 6) is 0.337. The van der Waals surface area contributed by atoms with Gasteiger partial charge in [-0.2, -0.15) is 0 Å². The van der Waals surface area contributed by atoms with E-state index in [-0.39, 0.29) is 0 Å². The molecule has 128 valence electrons. The topological polar surface area (TPSA) is 12.0 Å². The molecular formula is C24H27N. The van der Waals surface area contributed by atoms with E-state index in [1.165, 1.54) is 16.7 Å². The molecule has 2 aromatic carbocycles. The van der Waals surface area contributed by atoms with Gasteiger partial charge in [0.05, 0.1) is 0 Å². The Morgan fingerprint density at radius 2 is 1.68 bits per heavy atom. The quantitative estimate of drug-likeness (QED) is 0.401. The van der Waals surface area contributed by atoms with Gasteiger partial charge < -0.3 is 5.32 Å². The SMILES string of the molecule is C=CCC(C=C)C(C=CCNc1ccc(-c2ccccc2)cc1)=CC. The monoisotopic (exact) mass is 329 g/mol. The molecule has 0 aliphatic rings. The summed E-state index contributed by atoms with van der Waals surface area (Å²) in [4.78, 5) is 0. The molecule has 0 saturated heterocycles. The Morgan fingerprint density at radius 1 is 1.00 bits per heavy atom. The fraction of sp³-hybridized carbons (Fsp3) is 0.167. The van der Waals surface area contributed by atoms with Crippen molar-refractivity contribution < 1.29 is 0 Å². The Morgan fingerprint density at radius 3 is 2.28 bits per heavy atom. The average molecular weight is 329 g/mol. The summed E-state index contributed by atoms with van der Waals surface area (Å²) in [5.41, 5.74) is 4.87. The maximum Gasteiger partial charge on any atom is 0.0343 e. The van der Waals surface area contributed by atoms with Gasteiger partial charge in [-0.3, -0.25) is 0 Å². The van der Waals surface area contributed by atoms with Crippen LogP contribution in [0.2, 0.25) is 0 Å². The number of hydrogen-bond donors (Lipinski definition) is 1. The second-order valence-electron chi connectivity index (χ2n) is 5.88. The van der Waals surface area contributed by atoms with Crippen molar-refractivity contribution in [3.8, 4) is 11.1 Å². The van der Waals surface area contributed by atoms with E-state index in [0.717, 1.165) is 18.7 Å². The van der Waals surface area contributed by atoms with Crippen LogP contribution in [0.15, 0.2) is 104 Å². The zero-order valence-corrected chi connectivity index (χ0v) is 15.0. The number of allylic oxidation sites excluding steroid dienone is 5. The largest absolute Gasteiger partial charge is 0.382 e. The zero-order chi connectivity index (χ0) is 17.9. The van der Waals surface area contributed by atoms with E-state index in [9.17, 15) is 0 Å². The molecule has 0 bridgehead atoms. The highest BCUT2D eigenvalue weighted by molar-refractivity contribution is 5.65. The lowest BCUT2D eigenvalue weighted by atomic mass is 9.95. The highest BCUT2D eigenvalue weighted by atomic mass is 14.8. The molecule has 2 rings (SSSR count). The molecule has 0 amide bonds. The first-order chi connectivity index (χ1) is 12.3. The molecule has 0 radical (unpaired) electrons. The zero-order valence-electron chi connectivity index (χ0n) is 15.0. The van der Waals surface area contributed by atoms with E-state index in [2.05, 4.69) is 92.2 Å². The minimum Gasteiger partial charge on any atom is -0.382 e. The molecule has 1 atom stereocenters. The first kappa shape index (κ1) is 18.5. The summed E-state index contributed by atoms with van der Waals surface area (Å²) in [6.07, 6.45) is 11.3. The van der Waals surface area contributed by atoms with Gasteiger partial charge >= 0.3 is 0 Å². The van der Waals surface area contributed by atoms with Crippen molar-refractivity contribution in [3.05, 3.63) is 104 Å². The normalized spacial score (nSPS) is 12.8. The van der Waals surface area contributed by atoms with Gasteiger partial charge in [0.1, 0.15) is 0 Å². The van der Waals surface area contributed by atoms with Crippen LogP contribution < -0.4 is 5.32 Å². The van der Waals surface area contributed by atoms with Crippen LogP contribution in [0.1, 0.15) is 13.3 Å². The maximum atomic E-state index is 3.92. The van der Waals surface area contributed by atoms with E-state index in [1.807, 2.05) is 18.2 Å². The van der Waals surface area contributed by atoms with Crippen molar-refractivity contribution in [2.24, 2.45) is 5.92 Å². The Labute approximate surface area is 152 Å². The summed E-state index contributed by atoms with van der Waals surface area (Å²) in [7, 11) is 0. The summed E-state index contributed by atoms with van der Waals surface area (Å²) in [6, 6.07) is 19.0. The van der Waals surface area contributed by atoms with Crippen LogP contribution in [0.25, 0.3) is 11.1 Å². The van der Waals surface area contributed by atoms with E-state index in [0.29, 0.717) is 5.92 Å². The molecule has 0 fully saturated rings. The lowest BCUT2D eigenvalue weighted by molar-refractivity contribution is 0.796. The van der Waals surface area contributed by atoms with Crippen molar-refractivity contribution in [1.29, 1.82) is 0 Å². The minimum atomic E-state index is 0.337. The number of anilines is 1. The van der Waals surface area contributed by atoms with Crippen molar-refractivity contribution in [1.82, 2.24) is 0 Å². The molecule has 0 aliphatic carbocycles. The van der Waals surface area contributed by atoms with Crippen molar-refractivity contribution in [2.75, 3.05) is 11.9 Å². The van der Waals surface area contributed by atoms with Crippen LogP contribution in [0.4, 0.5) is 5.69 Å². The first-order valence-electron chi connectivity index (χ1n) is 8.74. The lowest BCUT2D eigenvalue weighted by Gasteiger charge is -2.11. The number of rotatable bonds is 9. The number of nitrogens with one attached hydrogen (secondary N) is 1. The van der Waals surface area contributed by atoms with Crippen LogP contribution in [0.3, 0.4) is 0 Å². The van der Waals surface area contributed by atoms with Gasteiger partial charge in [0.25, 0.3) is 0 Å². The minimum absolute atomic E-state index is 0.337. The molecule has 0 heterocycles. The number of hydrogen-bond acceptors (Lipinski definition) is 1. The van der Waals surface area contributed by atoms with E-state index >= 15 is 0 Å². The summed E-state index contributed by atoms with van der Waals surface area (Å²) in [5, 5.41) is 3.43. The van der Waals surface area contributed by atoms with Gasteiger partial charge in [-0.05, 0) is 42.2 Å². The molecule has 1 N–H and O–H groups in total. The van der Waals surface area contributed by atoms with Gasteiger partial charge in [-0.25, -0.2) is 0 Å². The Bertz CT molecular complexity index is 720. The molecular weight excluding hydrogens is 302 g/mol. The molecule has 0 aromatic heterocycles. The highest BCUT2D eigenvalue weighted by Gasteiger charge is 2.04. The second-order valence-corrected chi connectivity index (χ2v) is 5.88. The second kappa shape index (κ2) is 10.1. The third-order valence-electron chi connectivity index (χ3n) is 4.19. The van der Waals surface area contributed by atoms with Gasteiger partial charge in [0.2, 0.25) is 0 Å². The summed E-state index contributed by atoms with van der Waals surface area (Å²) < 4.78 is 0.